The van der Waals surface area contributed by atoms with E-state index in [0.29, 0.717) is 6.42 Å². The first-order chi connectivity index (χ1) is 16.9. The molecular formula is C27H30N2O6. The van der Waals surface area contributed by atoms with E-state index in [2.05, 4.69) is 34.9 Å². The molecule has 3 N–H and O–H groups in total. The molecule has 0 bridgehead atoms. The molecule has 1 heterocycles. The van der Waals surface area contributed by atoms with Crippen molar-refractivity contribution in [2.45, 2.75) is 43.7 Å². The smallest absolute Gasteiger partial charge is 0.408 e. The van der Waals surface area contributed by atoms with E-state index in [4.69, 9.17) is 14.6 Å². The molecule has 0 radical (unpaired) electrons. The van der Waals surface area contributed by atoms with Crippen LogP contribution in [0.15, 0.2) is 48.5 Å². The van der Waals surface area contributed by atoms with Crippen LogP contribution in [0.4, 0.5) is 4.79 Å². The predicted octanol–water partition coefficient (Wildman–Crippen LogP) is 3.30. The van der Waals surface area contributed by atoms with Gasteiger partial charge in [0.1, 0.15) is 12.1 Å². The van der Waals surface area contributed by atoms with E-state index in [1.54, 1.807) is 6.92 Å². The van der Waals surface area contributed by atoms with Gasteiger partial charge in [-0.1, -0.05) is 48.5 Å². The Balaban J connectivity index is 1.20. The molecule has 2 amide bonds. The molecular weight excluding hydrogens is 448 g/mol. The predicted molar refractivity (Wildman–Crippen MR) is 128 cm³/mol. The minimum Gasteiger partial charge on any atom is -0.481 e. The van der Waals surface area contributed by atoms with Crippen molar-refractivity contribution in [2.75, 3.05) is 19.8 Å². The second-order valence-electron chi connectivity index (χ2n) is 9.86. The van der Waals surface area contributed by atoms with Gasteiger partial charge in [-0.3, -0.25) is 9.59 Å². The quantitative estimate of drug-likeness (QED) is 0.537. The number of nitrogens with one attached hydrogen (secondary N) is 2. The molecule has 184 valence electrons. The average Bonchev–Trinajstić information content (AvgIpc) is 3.53. The Labute approximate surface area is 204 Å². The Bertz CT molecular complexity index is 1100. The van der Waals surface area contributed by atoms with Crippen molar-refractivity contribution >= 4 is 18.0 Å². The largest absolute Gasteiger partial charge is 0.481 e. The molecule has 5 rings (SSSR count). The SMILES string of the molecule is CC(NC(=O)OCC1c2ccccc2-c2ccccc21)(C(=O)NC[C@H]1C[C@@H](C(=O)O)CO1)C1CC1. The van der Waals surface area contributed by atoms with Crippen LogP contribution >= 0.6 is 0 Å². The van der Waals surface area contributed by atoms with Gasteiger partial charge in [0.05, 0.1) is 18.6 Å². The van der Waals surface area contributed by atoms with Crippen LogP contribution in [0.5, 0.6) is 0 Å². The molecule has 1 saturated heterocycles. The first kappa shape index (κ1) is 23.4. The second-order valence-corrected chi connectivity index (χ2v) is 9.86. The standard InChI is InChI=1S/C27H30N2O6/c1-27(17-10-11-17,25(32)28-13-18-12-16(14-34-18)24(30)31)29-26(33)35-15-23-21-8-4-2-6-19(21)20-7-3-5-9-22(20)23/h2-9,16-18,23H,10-15H2,1H3,(H,28,32)(H,29,33)(H,30,31)/t16-,18-,27?/m1/s1. The first-order valence-corrected chi connectivity index (χ1v) is 12.1. The van der Waals surface area contributed by atoms with Gasteiger partial charge in [0.2, 0.25) is 5.91 Å². The lowest BCUT2D eigenvalue weighted by atomic mass is 9.94. The van der Waals surface area contributed by atoms with E-state index in [0.717, 1.165) is 35.1 Å². The summed E-state index contributed by atoms with van der Waals surface area (Å²) in [5.74, 6) is -1.78. The third-order valence-electron chi connectivity index (χ3n) is 7.49. The summed E-state index contributed by atoms with van der Waals surface area (Å²) >= 11 is 0. The molecule has 8 heteroatoms. The molecule has 2 aromatic carbocycles. The zero-order chi connectivity index (χ0) is 24.6. The van der Waals surface area contributed by atoms with E-state index < -0.39 is 23.5 Å². The lowest BCUT2D eigenvalue weighted by Crippen LogP contribution is -2.59. The number of carboxylic acids is 1. The molecule has 2 fully saturated rings. The van der Waals surface area contributed by atoms with E-state index in [9.17, 15) is 14.4 Å². The third kappa shape index (κ3) is 4.62. The molecule has 0 aromatic heterocycles. The fraction of sp³-hybridized carbons (Fsp3) is 0.444. The third-order valence-corrected chi connectivity index (χ3v) is 7.49. The monoisotopic (exact) mass is 478 g/mol. The van der Waals surface area contributed by atoms with Gasteiger partial charge in [-0.15, -0.1) is 0 Å². The van der Waals surface area contributed by atoms with Crippen LogP contribution < -0.4 is 10.6 Å². The maximum absolute atomic E-state index is 13.1. The maximum atomic E-state index is 13.1. The van der Waals surface area contributed by atoms with Crippen LogP contribution in [-0.2, 0) is 19.1 Å². The lowest BCUT2D eigenvalue weighted by molar-refractivity contribution is -0.141. The van der Waals surface area contributed by atoms with Gasteiger partial charge >= 0.3 is 12.1 Å². The fourth-order valence-electron chi connectivity index (χ4n) is 5.26. The average molecular weight is 479 g/mol. The highest BCUT2D eigenvalue weighted by atomic mass is 16.5. The van der Waals surface area contributed by atoms with Crippen molar-refractivity contribution in [2.24, 2.45) is 11.8 Å². The molecule has 35 heavy (non-hydrogen) atoms. The van der Waals surface area contributed by atoms with Crippen molar-refractivity contribution < 1.29 is 29.0 Å². The zero-order valence-corrected chi connectivity index (χ0v) is 19.7. The van der Waals surface area contributed by atoms with Crippen molar-refractivity contribution in [3.63, 3.8) is 0 Å². The summed E-state index contributed by atoms with van der Waals surface area (Å²) in [6, 6.07) is 16.3. The molecule has 1 aliphatic heterocycles. The van der Waals surface area contributed by atoms with Crippen LogP contribution in [0.3, 0.4) is 0 Å². The summed E-state index contributed by atoms with van der Waals surface area (Å²) in [6.07, 6.45) is 1.07. The molecule has 0 spiro atoms. The molecule has 1 unspecified atom stereocenters. The van der Waals surface area contributed by atoms with Crippen molar-refractivity contribution in [3.05, 3.63) is 59.7 Å². The number of hydrogen-bond acceptors (Lipinski definition) is 5. The van der Waals surface area contributed by atoms with Crippen LogP contribution in [0.1, 0.15) is 43.2 Å². The number of fused-ring (bicyclic) bond motifs is 3. The van der Waals surface area contributed by atoms with E-state index in [1.807, 2.05) is 24.3 Å². The summed E-state index contributed by atoms with van der Waals surface area (Å²) in [4.78, 5) is 37.1. The number of carbonyl (C=O) groups excluding carboxylic acids is 2. The van der Waals surface area contributed by atoms with Gasteiger partial charge in [-0.25, -0.2) is 4.79 Å². The number of aliphatic carboxylic acids is 1. The molecule has 3 aliphatic rings. The second kappa shape index (κ2) is 9.34. The summed E-state index contributed by atoms with van der Waals surface area (Å²) in [5.41, 5.74) is 3.45. The maximum Gasteiger partial charge on any atom is 0.408 e. The number of benzene rings is 2. The number of carbonyl (C=O) groups is 3. The number of rotatable bonds is 8. The highest BCUT2D eigenvalue weighted by Gasteiger charge is 2.49. The van der Waals surface area contributed by atoms with Crippen molar-refractivity contribution in [1.82, 2.24) is 10.6 Å². The Hall–Kier alpha value is -3.39. The number of hydrogen-bond donors (Lipinski definition) is 3. The van der Waals surface area contributed by atoms with Gasteiger partial charge in [0.15, 0.2) is 0 Å². The van der Waals surface area contributed by atoms with Gasteiger partial charge in [0, 0.05) is 12.5 Å². The van der Waals surface area contributed by atoms with E-state index in [1.165, 1.54) is 0 Å². The molecule has 2 aliphatic carbocycles. The van der Waals surface area contributed by atoms with E-state index in [-0.39, 0.29) is 43.6 Å². The normalized spacial score (nSPS) is 22.5. The Kier molecular flexibility index (Phi) is 6.23. The number of alkyl carbamates (subject to hydrolysis) is 1. The summed E-state index contributed by atoms with van der Waals surface area (Å²) in [7, 11) is 0. The number of amides is 2. The summed E-state index contributed by atoms with van der Waals surface area (Å²) in [5, 5.41) is 14.8. The highest BCUT2D eigenvalue weighted by Crippen LogP contribution is 2.44. The van der Waals surface area contributed by atoms with Crippen LogP contribution in [0.2, 0.25) is 0 Å². The van der Waals surface area contributed by atoms with Crippen molar-refractivity contribution in [1.29, 1.82) is 0 Å². The molecule has 1 saturated carbocycles. The minimum atomic E-state index is -1.10. The number of carboxylic acid groups (broad SMARTS) is 1. The minimum absolute atomic E-state index is 0.0271. The van der Waals surface area contributed by atoms with Crippen LogP contribution in [0.25, 0.3) is 11.1 Å². The number of ether oxygens (including phenoxy) is 2. The zero-order valence-electron chi connectivity index (χ0n) is 19.7. The van der Waals surface area contributed by atoms with Crippen molar-refractivity contribution in [3.8, 4) is 11.1 Å². The molecule has 2 aromatic rings. The molecule has 8 nitrogen and oxygen atoms in total. The Morgan fingerprint density at radius 3 is 2.26 bits per heavy atom. The topological polar surface area (TPSA) is 114 Å². The first-order valence-electron chi connectivity index (χ1n) is 12.1. The Morgan fingerprint density at radius 2 is 1.69 bits per heavy atom. The Morgan fingerprint density at radius 1 is 1.06 bits per heavy atom. The lowest BCUT2D eigenvalue weighted by Gasteiger charge is -2.30. The summed E-state index contributed by atoms with van der Waals surface area (Å²) in [6.45, 7) is 2.25. The van der Waals surface area contributed by atoms with Crippen LogP contribution in [-0.4, -0.2) is 54.5 Å². The van der Waals surface area contributed by atoms with E-state index >= 15 is 0 Å². The highest BCUT2D eigenvalue weighted by molar-refractivity contribution is 5.90. The van der Waals surface area contributed by atoms with Gasteiger partial charge in [-0.2, -0.15) is 0 Å². The van der Waals surface area contributed by atoms with Gasteiger partial charge < -0.3 is 25.2 Å². The van der Waals surface area contributed by atoms with Gasteiger partial charge in [-0.05, 0) is 54.4 Å². The van der Waals surface area contributed by atoms with Gasteiger partial charge in [0.25, 0.3) is 0 Å². The molecule has 3 atom stereocenters. The van der Waals surface area contributed by atoms with Crippen LogP contribution in [0, 0.1) is 11.8 Å². The fourth-order valence-corrected chi connectivity index (χ4v) is 5.26. The summed E-state index contributed by atoms with van der Waals surface area (Å²) < 4.78 is 11.2.